The molecule has 0 aliphatic carbocycles. The number of rotatable bonds is 5. The molecule has 4 rings (SSSR count). The van der Waals surface area contributed by atoms with Gasteiger partial charge in [0.15, 0.2) is 0 Å². The van der Waals surface area contributed by atoms with Crippen molar-refractivity contribution in [1.29, 1.82) is 0 Å². The van der Waals surface area contributed by atoms with E-state index in [-0.39, 0.29) is 0 Å². The maximum Gasteiger partial charge on any atom is 0.124 e. The summed E-state index contributed by atoms with van der Waals surface area (Å²) in [5.74, 6) is 0. The Labute approximate surface area is 158 Å². The van der Waals surface area contributed by atoms with E-state index >= 15 is 0 Å². The van der Waals surface area contributed by atoms with Crippen LogP contribution in [0.1, 0.15) is 23.6 Å². The van der Waals surface area contributed by atoms with Crippen LogP contribution in [-0.4, -0.2) is 4.98 Å². The minimum atomic E-state index is 0.837. The van der Waals surface area contributed by atoms with E-state index in [0.29, 0.717) is 0 Å². The first kappa shape index (κ1) is 16.8. The van der Waals surface area contributed by atoms with E-state index in [9.17, 15) is 0 Å². The third-order valence-corrected chi connectivity index (χ3v) is 5.67. The fourth-order valence-corrected chi connectivity index (χ4v) is 4.05. The molecular weight excluding hydrogens is 336 g/mol. The number of hydrogen-bond donors (Lipinski definition) is 1. The molecule has 0 saturated heterocycles. The topological polar surface area (TPSA) is 24.9 Å². The SMILES string of the molecule is CCc1ccc(CNc2ccc(-c3nc4ccc(C)cc4s3)cc2)cc1. The van der Waals surface area contributed by atoms with E-state index in [2.05, 4.69) is 85.9 Å². The molecule has 0 fully saturated rings. The molecule has 0 saturated carbocycles. The Morgan fingerprint density at radius 1 is 0.885 bits per heavy atom. The number of thiazole rings is 1. The number of benzene rings is 3. The predicted octanol–water partition coefficient (Wildman–Crippen LogP) is 6.45. The molecule has 26 heavy (non-hydrogen) atoms. The second kappa shape index (κ2) is 7.30. The molecule has 0 aliphatic rings. The van der Waals surface area contributed by atoms with E-state index in [1.54, 1.807) is 11.3 Å². The van der Waals surface area contributed by atoms with Crippen LogP contribution in [0, 0.1) is 6.92 Å². The molecule has 1 N–H and O–H groups in total. The highest BCUT2D eigenvalue weighted by atomic mass is 32.1. The lowest BCUT2D eigenvalue weighted by Gasteiger charge is -2.08. The minimum absolute atomic E-state index is 0.837. The van der Waals surface area contributed by atoms with Gasteiger partial charge in [0.25, 0.3) is 0 Å². The maximum atomic E-state index is 4.76. The van der Waals surface area contributed by atoms with E-state index < -0.39 is 0 Å². The second-order valence-corrected chi connectivity index (χ2v) is 7.62. The molecule has 0 bridgehead atoms. The zero-order valence-electron chi connectivity index (χ0n) is 15.1. The van der Waals surface area contributed by atoms with E-state index in [4.69, 9.17) is 4.98 Å². The molecule has 0 radical (unpaired) electrons. The predicted molar refractivity (Wildman–Crippen MR) is 113 cm³/mol. The van der Waals surface area contributed by atoms with Gasteiger partial charge in [-0.05, 0) is 66.4 Å². The summed E-state index contributed by atoms with van der Waals surface area (Å²) in [6.45, 7) is 5.14. The molecule has 1 aromatic heterocycles. The molecule has 4 aromatic rings. The maximum absolute atomic E-state index is 4.76. The second-order valence-electron chi connectivity index (χ2n) is 6.59. The lowest BCUT2D eigenvalue weighted by molar-refractivity contribution is 1.11. The molecule has 0 spiro atoms. The standard InChI is InChI=1S/C23H22N2S/c1-3-17-5-7-18(8-6-17)15-24-20-11-9-19(10-12-20)23-25-21-13-4-16(2)14-22(21)26-23/h4-14,24H,3,15H2,1-2H3. The Hall–Kier alpha value is -2.65. The number of aromatic nitrogens is 1. The third kappa shape index (κ3) is 3.63. The van der Waals surface area contributed by atoms with Gasteiger partial charge in [0.2, 0.25) is 0 Å². The van der Waals surface area contributed by atoms with Gasteiger partial charge in [-0.3, -0.25) is 0 Å². The van der Waals surface area contributed by atoms with Crippen LogP contribution in [0.15, 0.2) is 66.7 Å². The third-order valence-electron chi connectivity index (χ3n) is 4.60. The van der Waals surface area contributed by atoms with Crippen molar-refractivity contribution in [3.8, 4) is 10.6 Å². The number of fused-ring (bicyclic) bond motifs is 1. The van der Waals surface area contributed by atoms with Crippen LogP contribution < -0.4 is 5.32 Å². The van der Waals surface area contributed by atoms with Crippen LogP contribution >= 0.6 is 11.3 Å². The lowest BCUT2D eigenvalue weighted by atomic mass is 10.1. The fourth-order valence-electron chi connectivity index (χ4n) is 2.98. The summed E-state index contributed by atoms with van der Waals surface area (Å²) in [5, 5.41) is 4.57. The van der Waals surface area contributed by atoms with E-state index in [0.717, 1.165) is 29.2 Å². The molecule has 2 nitrogen and oxygen atoms in total. The molecule has 3 heteroatoms. The highest BCUT2D eigenvalue weighted by Crippen LogP contribution is 2.31. The van der Waals surface area contributed by atoms with E-state index in [1.807, 2.05) is 0 Å². The fraction of sp³-hybridized carbons (Fsp3) is 0.174. The van der Waals surface area contributed by atoms with Crippen LogP contribution in [-0.2, 0) is 13.0 Å². The minimum Gasteiger partial charge on any atom is -0.381 e. The number of nitrogens with one attached hydrogen (secondary N) is 1. The molecular formula is C23H22N2S. The smallest absolute Gasteiger partial charge is 0.124 e. The van der Waals surface area contributed by atoms with Crippen LogP contribution in [0.3, 0.4) is 0 Å². The molecule has 0 aliphatic heterocycles. The first-order valence-corrected chi connectivity index (χ1v) is 9.82. The first-order valence-electron chi connectivity index (χ1n) is 9.00. The van der Waals surface area contributed by atoms with Crippen LogP contribution in [0.2, 0.25) is 0 Å². The number of nitrogens with zero attached hydrogens (tertiary/aromatic N) is 1. The molecule has 1 heterocycles. The van der Waals surface area contributed by atoms with Crippen molar-refractivity contribution in [3.63, 3.8) is 0 Å². The van der Waals surface area contributed by atoms with Gasteiger partial charge in [-0.15, -0.1) is 11.3 Å². The Morgan fingerprint density at radius 2 is 1.62 bits per heavy atom. The molecule has 3 aromatic carbocycles. The highest BCUT2D eigenvalue weighted by molar-refractivity contribution is 7.21. The van der Waals surface area contributed by atoms with Gasteiger partial charge in [0, 0.05) is 17.8 Å². The number of anilines is 1. The van der Waals surface area contributed by atoms with Crippen LogP contribution in [0.25, 0.3) is 20.8 Å². The first-order chi connectivity index (χ1) is 12.7. The molecule has 0 unspecified atom stereocenters. The van der Waals surface area contributed by atoms with Gasteiger partial charge in [-0.1, -0.05) is 37.3 Å². The van der Waals surface area contributed by atoms with Crippen molar-refractivity contribution < 1.29 is 0 Å². The summed E-state index contributed by atoms with van der Waals surface area (Å²) in [6, 6.07) is 23.8. The van der Waals surface area contributed by atoms with E-state index in [1.165, 1.54) is 27.0 Å². The normalized spacial score (nSPS) is 11.0. The molecule has 0 atom stereocenters. The average Bonchev–Trinajstić information content (AvgIpc) is 3.10. The Bertz CT molecular complexity index is 1010. The Morgan fingerprint density at radius 3 is 2.35 bits per heavy atom. The highest BCUT2D eigenvalue weighted by Gasteiger charge is 2.06. The van der Waals surface area contributed by atoms with Crippen molar-refractivity contribution >= 4 is 27.2 Å². The van der Waals surface area contributed by atoms with Crippen molar-refractivity contribution in [2.75, 3.05) is 5.32 Å². The Kier molecular flexibility index (Phi) is 4.72. The van der Waals surface area contributed by atoms with Crippen molar-refractivity contribution in [2.24, 2.45) is 0 Å². The summed E-state index contributed by atoms with van der Waals surface area (Å²) < 4.78 is 1.25. The largest absolute Gasteiger partial charge is 0.381 e. The van der Waals surface area contributed by atoms with Gasteiger partial charge >= 0.3 is 0 Å². The lowest BCUT2D eigenvalue weighted by Crippen LogP contribution is -1.99. The molecule has 0 amide bonds. The summed E-state index contributed by atoms with van der Waals surface area (Å²) >= 11 is 1.75. The van der Waals surface area contributed by atoms with Crippen molar-refractivity contribution in [3.05, 3.63) is 83.4 Å². The van der Waals surface area contributed by atoms with Crippen LogP contribution in [0.5, 0.6) is 0 Å². The number of hydrogen-bond acceptors (Lipinski definition) is 3. The van der Waals surface area contributed by atoms with Crippen LogP contribution in [0.4, 0.5) is 5.69 Å². The quantitative estimate of drug-likeness (QED) is 0.443. The van der Waals surface area contributed by atoms with Gasteiger partial charge in [0.1, 0.15) is 5.01 Å². The summed E-state index contributed by atoms with van der Waals surface area (Å²) in [4.78, 5) is 4.76. The number of aryl methyl sites for hydroxylation is 2. The Balaban J connectivity index is 1.46. The average molecular weight is 359 g/mol. The zero-order chi connectivity index (χ0) is 17.9. The van der Waals surface area contributed by atoms with Crippen molar-refractivity contribution in [2.45, 2.75) is 26.8 Å². The van der Waals surface area contributed by atoms with Gasteiger partial charge in [-0.25, -0.2) is 4.98 Å². The molecule has 130 valence electrons. The summed E-state index contributed by atoms with van der Waals surface area (Å²) in [5.41, 5.74) is 7.33. The van der Waals surface area contributed by atoms with Gasteiger partial charge < -0.3 is 5.32 Å². The van der Waals surface area contributed by atoms with Gasteiger partial charge in [-0.2, -0.15) is 0 Å². The zero-order valence-corrected chi connectivity index (χ0v) is 15.9. The summed E-state index contributed by atoms with van der Waals surface area (Å²) in [6.07, 6.45) is 1.08. The summed E-state index contributed by atoms with van der Waals surface area (Å²) in [7, 11) is 0. The van der Waals surface area contributed by atoms with Crippen molar-refractivity contribution in [1.82, 2.24) is 4.98 Å². The monoisotopic (exact) mass is 358 g/mol. The van der Waals surface area contributed by atoms with Gasteiger partial charge in [0.05, 0.1) is 10.2 Å².